The van der Waals surface area contributed by atoms with Gasteiger partial charge in [-0.15, -0.1) is 24.0 Å². The van der Waals surface area contributed by atoms with E-state index in [-0.39, 0.29) is 29.8 Å². The quantitative estimate of drug-likeness (QED) is 0.225. The van der Waals surface area contributed by atoms with Crippen LogP contribution in [0.3, 0.4) is 0 Å². The summed E-state index contributed by atoms with van der Waals surface area (Å²) in [7, 11) is 3.23. The molecule has 0 spiro atoms. The van der Waals surface area contributed by atoms with Crippen LogP contribution in [0.2, 0.25) is 0 Å². The van der Waals surface area contributed by atoms with Crippen molar-refractivity contribution in [2.45, 2.75) is 12.8 Å². The largest absolute Gasteiger partial charge is 0.494 e. The fourth-order valence-corrected chi connectivity index (χ4v) is 2.41. The van der Waals surface area contributed by atoms with Gasteiger partial charge in [0.15, 0.2) is 17.5 Å². The zero-order valence-electron chi connectivity index (χ0n) is 16.1. The number of nitrogens with two attached hydrogens (primary N) is 1. The van der Waals surface area contributed by atoms with Gasteiger partial charge in [0.1, 0.15) is 11.6 Å². The van der Waals surface area contributed by atoms with Gasteiger partial charge in [0.2, 0.25) is 0 Å². The summed E-state index contributed by atoms with van der Waals surface area (Å²) < 4.78 is 28.8. The topological polar surface area (TPSA) is 78.1 Å². The normalized spacial score (nSPS) is 10.8. The second-order valence-electron chi connectivity index (χ2n) is 5.79. The molecule has 0 bridgehead atoms. The van der Waals surface area contributed by atoms with Gasteiger partial charge in [0.25, 0.3) is 0 Å². The maximum absolute atomic E-state index is 12.8. The van der Waals surface area contributed by atoms with Crippen LogP contribution in [0, 0.1) is 5.82 Å². The molecule has 2 rings (SSSR count). The van der Waals surface area contributed by atoms with Crippen molar-refractivity contribution in [3.8, 4) is 17.2 Å². The maximum atomic E-state index is 12.8. The van der Waals surface area contributed by atoms with E-state index >= 15 is 0 Å². The summed E-state index contributed by atoms with van der Waals surface area (Å²) in [6.07, 6.45) is 1.50. The Balaban J connectivity index is 0.00000392. The van der Waals surface area contributed by atoms with Crippen LogP contribution in [-0.2, 0) is 6.42 Å². The number of hydrogen-bond donors (Lipinski definition) is 2. The summed E-state index contributed by atoms with van der Waals surface area (Å²) in [6.45, 7) is 1.71. The number of nitrogens with zero attached hydrogens (tertiary/aromatic N) is 1. The van der Waals surface area contributed by atoms with E-state index in [1.165, 1.54) is 12.1 Å². The molecule has 0 fully saturated rings. The fraction of sp³-hybridized carbons (Fsp3) is 0.350. The second kappa shape index (κ2) is 13.0. The molecule has 0 aromatic heterocycles. The first-order valence-corrected chi connectivity index (χ1v) is 8.75. The Kier molecular flexibility index (Phi) is 11.1. The minimum atomic E-state index is -0.279. The Labute approximate surface area is 182 Å². The summed E-state index contributed by atoms with van der Waals surface area (Å²) >= 11 is 0. The first-order chi connectivity index (χ1) is 13.1. The summed E-state index contributed by atoms with van der Waals surface area (Å²) in [4.78, 5) is 4.26. The van der Waals surface area contributed by atoms with Crippen molar-refractivity contribution in [3.63, 3.8) is 0 Å². The van der Waals surface area contributed by atoms with Crippen LogP contribution in [0.25, 0.3) is 0 Å². The highest BCUT2D eigenvalue weighted by molar-refractivity contribution is 14.0. The Morgan fingerprint density at radius 1 is 1.07 bits per heavy atom. The SMILES string of the molecule is COc1ccc(CCNC(N)=NCCCOc2ccc(F)cc2)cc1OC.I. The monoisotopic (exact) mass is 503 g/mol. The molecule has 2 aromatic carbocycles. The molecule has 0 atom stereocenters. The first-order valence-electron chi connectivity index (χ1n) is 8.75. The number of aliphatic imine (C=N–C) groups is 1. The van der Waals surface area contributed by atoms with Crippen LogP contribution in [-0.4, -0.2) is 39.9 Å². The minimum absolute atomic E-state index is 0. The summed E-state index contributed by atoms with van der Waals surface area (Å²) in [6, 6.07) is 11.8. The van der Waals surface area contributed by atoms with Gasteiger partial charge in [-0.25, -0.2) is 4.39 Å². The number of guanidine groups is 1. The zero-order chi connectivity index (χ0) is 19.5. The van der Waals surface area contributed by atoms with Crippen molar-refractivity contribution in [2.24, 2.45) is 10.7 Å². The van der Waals surface area contributed by atoms with E-state index in [0.717, 1.165) is 18.4 Å². The molecule has 28 heavy (non-hydrogen) atoms. The molecule has 0 amide bonds. The van der Waals surface area contributed by atoms with Gasteiger partial charge in [0, 0.05) is 19.5 Å². The molecule has 0 unspecified atom stereocenters. The van der Waals surface area contributed by atoms with Gasteiger partial charge in [-0.05, 0) is 48.4 Å². The molecular weight excluding hydrogens is 476 g/mol. The number of rotatable bonds is 10. The molecule has 0 aliphatic rings. The van der Waals surface area contributed by atoms with Crippen molar-refractivity contribution in [2.75, 3.05) is 33.9 Å². The highest BCUT2D eigenvalue weighted by atomic mass is 127. The lowest BCUT2D eigenvalue weighted by Gasteiger charge is -2.10. The Morgan fingerprint density at radius 2 is 1.79 bits per heavy atom. The number of benzene rings is 2. The van der Waals surface area contributed by atoms with Gasteiger partial charge in [-0.3, -0.25) is 4.99 Å². The third-order valence-corrected chi connectivity index (χ3v) is 3.83. The number of nitrogens with one attached hydrogen (secondary N) is 1. The molecule has 154 valence electrons. The van der Waals surface area contributed by atoms with Crippen molar-refractivity contribution in [1.82, 2.24) is 5.32 Å². The number of methoxy groups -OCH3 is 2. The van der Waals surface area contributed by atoms with Crippen LogP contribution in [0.1, 0.15) is 12.0 Å². The molecule has 3 N–H and O–H groups in total. The smallest absolute Gasteiger partial charge is 0.188 e. The van der Waals surface area contributed by atoms with E-state index in [9.17, 15) is 4.39 Å². The van der Waals surface area contributed by atoms with Crippen molar-refractivity contribution in [3.05, 3.63) is 53.8 Å². The van der Waals surface area contributed by atoms with E-state index in [0.29, 0.717) is 42.9 Å². The second-order valence-corrected chi connectivity index (χ2v) is 5.79. The summed E-state index contributed by atoms with van der Waals surface area (Å²) in [5, 5.41) is 3.09. The van der Waals surface area contributed by atoms with E-state index in [2.05, 4.69) is 10.3 Å². The lowest BCUT2D eigenvalue weighted by atomic mass is 10.1. The van der Waals surface area contributed by atoms with Crippen molar-refractivity contribution < 1.29 is 18.6 Å². The van der Waals surface area contributed by atoms with Crippen molar-refractivity contribution in [1.29, 1.82) is 0 Å². The highest BCUT2D eigenvalue weighted by Crippen LogP contribution is 2.27. The Morgan fingerprint density at radius 3 is 2.46 bits per heavy atom. The van der Waals surface area contributed by atoms with E-state index in [1.54, 1.807) is 26.4 Å². The third kappa shape index (κ3) is 8.20. The summed E-state index contributed by atoms with van der Waals surface area (Å²) in [5.41, 5.74) is 6.97. The Bertz CT molecular complexity index is 742. The summed E-state index contributed by atoms with van der Waals surface area (Å²) in [5.74, 6) is 2.17. The number of hydrogen-bond acceptors (Lipinski definition) is 4. The molecule has 6 nitrogen and oxygen atoms in total. The van der Waals surface area contributed by atoms with E-state index in [1.807, 2.05) is 18.2 Å². The molecular formula is C20H27FIN3O3. The van der Waals surface area contributed by atoms with Gasteiger partial charge < -0.3 is 25.3 Å². The van der Waals surface area contributed by atoms with Gasteiger partial charge >= 0.3 is 0 Å². The van der Waals surface area contributed by atoms with Crippen LogP contribution in [0.4, 0.5) is 4.39 Å². The van der Waals surface area contributed by atoms with Crippen molar-refractivity contribution >= 4 is 29.9 Å². The average molecular weight is 503 g/mol. The maximum Gasteiger partial charge on any atom is 0.188 e. The molecule has 0 saturated heterocycles. The lowest BCUT2D eigenvalue weighted by Crippen LogP contribution is -2.33. The lowest BCUT2D eigenvalue weighted by molar-refractivity contribution is 0.313. The molecule has 0 radical (unpaired) electrons. The van der Waals surface area contributed by atoms with Crippen LogP contribution < -0.4 is 25.3 Å². The zero-order valence-corrected chi connectivity index (χ0v) is 18.4. The fourth-order valence-electron chi connectivity index (χ4n) is 2.41. The molecule has 0 aliphatic heterocycles. The van der Waals surface area contributed by atoms with Gasteiger partial charge in [0.05, 0.1) is 20.8 Å². The number of ether oxygens (including phenoxy) is 3. The van der Waals surface area contributed by atoms with E-state index < -0.39 is 0 Å². The molecule has 0 aliphatic carbocycles. The first kappa shape index (κ1) is 23.8. The van der Waals surface area contributed by atoms with Crippen LogP contribution in [0.15, 0.2) is 47.5 Å². The molecule has 2 aromatic rings. The highest BCUT2D eigenvalue weighted by Gasteiger charge is 2.04. The predicted octanol–water partition coefficient (Wildman–Crippen LogP) is 3.38. The van der Waals surface area contributed by atoms with E-state index in [4.69, 9.17) is 19.9 Å². The molecule has 8 heteroatoms. The standard InChI is InChI=1S/C20H26FN3O3.HI/c1-25-18-9-4-15(14-19(18)26-2)10-12-24-20(22)23-11-3-13-27-17-7-5-16(21)6-8-17;/h4-9,14H,3,10-13H2,1-2H3,(H3,22,23,24);1H. The van der Waals surface area contributed by atoms with Gasteiger partial charge in [-0.1, -0.05) is 6.07 Å². The van der Waals surface area contributed by atoms with Crippen LogP contribution in [0.5, 0.6) is 17.2 Å². The van der Waals surface area contributed by atoms with Gasteiger partial charge in [-0.2, -0.15) is 0 Å². The predicted molar refractivity (Wildman–Crippen MR) is 120 cm³/mol. The Hall–Kier alpha value is -2.23. The minimum Gasteiger partial charge on any atom is -0.494 e. The average Bonchev–Trinajstić information content (AvgIpc) is 2.69. The molecule has 0 saturated carbocycles. The third-order valence-electron chi connectivity index (χ3n) is 3.83. The number of halogens is 2. The molecule has 0 heterocycles. The van der Waals surface area contributed by atoms with Crippen LogP contribution >= 0.6 is 24.0 Å².